The molecule has 10 aromatic carbocycles. The van der Waals surface area contributed by atoms with Crippen molar-refractivity contribution in [3.05, 3.63) is 305 Å². The Balaban J connectivity index is 1.00. The van der Waals surface area contributed by atoms with Crippen LogP contribution in [0.2, 0.25) is 0 Å². The van der Waals surface area contributed by atoms with Crippen molar-refractivity contribution in [2.24, 2.45) is 17.8 Å². The van der Waals surface area contributed by atoms with E-state index in [-0.39, 0.29) is 5.41 Å². The van der Waals surface area contributed by atoms with E-state index in [4.69, 9.17) is 4.42 Å². The lowest BCUT2D eigenvalue weighted by Gasteiger charge is -2.57. The Kier molecular flexibility index (Phi) is 9.69. The summed E-state index contributed by atoms with van der Waals surface area (Å²) in [6, 6.07) is 94.5. The Morgan fingerprint density at radius 1 is 0.329 bits per heavy atom. The summed E-state index contributed by atoms with van der Waals surface area (Å²) in [5, 5.41) is 1.13. The van der Waals surface area contributed by atoms with E-state index >= 15 is 0 Å². The molecule has 2 heteroatoms. The number of hydrogen-bond donors (Lipinski definition) is 0. The third kappa shape index (κ3) is 6.28. The molecule has 1 heterocycles. The maximum absolute atomic E-state index is 6.42. The van der Waals surface area contributed by atoms with Gasteiger partial charge in [0, 0.05) is 28.0 Å². The first-order valence-corrected chi connectivity index (χ1v) is 27.7. The number of para-hydroxylation sites is 1. The van der Waals surface area contributed by atoms with Crippen LogP contribution >= 0.6 is 0 Å². The van der Waals surface area contributed by atoms with Gasteiger partial charge in [-0.3, -0.25) is 0 Å². The van der Waals surface area contributed by atoms with Crippen LogP contribution in [-0.2, 0) is 16.2 Å². The van der Waals surface area contributed by atoms with Crippen molar-refractivity contribution in [2.75, 3.05) is 4.90 Å². The maximum Gasteiger partial charge on any atom is 0.141 e. The highest BCUT2D eigenvalue weighted by Crippen LogP contribution is 2.63. The second-order valence-electron chi connectivity index (χ2n) is 23.0. The van der Waals surface area contributed by atoms with E-state index in [9.17, 15) is 0 Å². The predicted molar refractivity (Wildman–Crippen MR) is 311 cm³/mol. The van der Waals surface area contributed by atoms with Gasteiger partial charge in [0.25, 0.3) is 0 Å². The number of hydrogen-bond acceptors (Lipinski definition) is 2. The van der Waals surface area contributed by atoms with Crippen LogP contribution in [0.3, 0.4) is 0 Å². The summed E-state index contributed by atoms with van der Waals surface area (Å²) >= 11 is 0. The molecule has 0 N–H and O–H groups in total. The van der Waals surface area contributed by atoms with Crippen molar-refractivity contribution in [1.29, 1.82) is 0 Å². The average Bonchev–Trinajstić information content (AvgIpc) is 4.17. The van der Waals surface area contributed by atoms with E-state index in [1.807, 2.05) is 6.26 Å². The molecule has 76 heavy (non-hydrogen) atoms. The highest BCUT2D eigenvalue weighted by molar-refractivity contribution is 5.96. The van der Waals surface area contributed by atoms with Crippen molar-refractivity contribution in [2.45, 2.75) is 54.8 Å². The first-order chi connectivity index (χ1) is 37.6. The van der Waals surface area contributed by atoms with Crippen molar-refractivity contribution in [1.82, 2.24) is 0 Å². The molecule has 0 unspecified atom stereocenters. The summed E-state index contributed by atoms with van der Waals surface area (Å²) in [7, 11) is 0. The third-order valence-electron chi connectivity index (χ3n) is 19.0. The number of benzene rings is 10. The lowest BCUT2D eigenvalue weighted by Crippen LogP contribution is -2.48. The molecule has 1 aromatic heterocycles. The molecule has 4 saturated carbocycles. The van der Waals surface area contributed by atoms with Gasteiger partial charge in [0.1, 0.15) is 5.58 Å². The molecule has 4 bridgehead atoms. The van der Waals surface area contributed by atoms with Gasteiger partial charge in [-0.25, -0.2) is 0 Å². The minimum Gasteiger partial charge on any atom is -0.464 e. The zero-order valence-electron chi connectivity index (χ0n) is 42.6. The molecule has 0 aliphatic heterocycles. The van der Waals surface area contributed by atoms with Crippen LogP contribution in [0, 0.1) is 17.8 Å². The monoisotopic (exact) mass is 975 g/mol. The van der Waals surface area contributed by atoms with Gasteiger partial charge < -0.3 is 9.32 Å². The molecule has 11 aromatic rings. The fourth-order valence-electron chi connectivity index (χ4n) is 16.5. The third-order valence-corrected chi connectivity index (χ3v) is 19.0. The smallest absolute Gasteiger partial charge is 0.141 e. The number of nitrogens with zero attached hydrogens (tertiary/aromatic N) is 1. The van der Waals surface area contributed by atoms with Crippen LogP contribution in [0.1, 0.15) is 88.6 Å². The molecule has 17 rings (SSSR count). The molecule has 0 saturated heterocycles. The summed E-state index contributed by atoms with van der Waals surface area (Å²) in [5.74, 6) is 2.40. The largest absolute Gasteiger partial charge is 0.464 e. The van der Waals surface area contributed by atoms with Gasteiger partial charge in [0.15, 0.2) is 0 Å². The SMILES string of the molecule is c1ccc(C2(c3ccccc3)c3ccccc3-c3ccc(N(c4cc(-c5cccc6ccoc56)cc(C56CC7CC(CC(C7)C5)C6)c4)c4ccc5c(c4)C(c4ccccc4)(c4ccccc4)c4ccccc4-5)cc32)cc1. The van der Waals surface area contributed by atoms with Crippen LogP contribution in [0.4, 0.5) is 17.1 Å². The highest BCUT2D eigenvalue weighted by Gasteiger charge is 2.53. The van der Waals surface area contributed by atoms with Crippen molar-refractivity contribution in [3.63, 3.8) is 0 Å². The van der Waals surface area contributed by atoms with Crippen LogP contribution in [0.15, 0.2) is 259 Å². The Morgan fingerprint density at radius 2 is 0.763 bits per heavy atom. The van der Waals surface area contributed by atoms with Gasteiger partial charge in [-0.2, -0.15) is 0 Å². The van der Waals surface area contributed by atoms with Gasteiger partial charge in [-0.15, -0.1) is 0 Å². The number of anilines is 3. The Labute approximate surface area is 446 Å². The molecular formula is C74H57NO. The molecule has 0 spiro atoms. The predicted octanol–water partition coefficient (Wildman–Crippen LogP) is 18.8. The normalized spacial score (nSPS) is 20.7. The summed E-state index contributed by atoms with van der Waals surface area (Å²) in [6.45, 7) is 0. The van der Waals surface area contributed by atoms with Gasteiger partial charge in [-0.05, 0) is 182 Å². The number of fused-ring (bicyclic) bond motifs is 7. The Morgan fingerprint density at radius 3 is 1.25 bits per heavy atom. The zero-order valence-corrected chi connectivity index (χ0v) is 42.6. The lowest BCUT2D eigenvalue weighted by molar-refractivity contribution is -0.00515. The molecule has 364 valence electrons. The van der Waals surface area contributed by atoms with E-state index < -0.39 is 10.8 Å². The zero-order chi connectivity index (χ0) is 50.0. The molecule has 6 aliphatic rings. The van der Waals surface area contributed by atoms with Crippen molar-refractivity contribution < 1.29 is 4.42 Å². The number of rotatable bonds is 9. The first-order valence-electron chi connectivity index (χ1n) is 27.7. The molecule has 0 radical (unpaired) electrons. The van der Waals surface area contributed by atoms with E-state index in [0.717, 1.165) is 45.7 Å². The van der Waals surface area contributed by atoms with Crippen LogP contribution in [-0.4, -0.2) is 0 Å². The van der Waals surface area contributed by atoms with Gasteiger partial charge in [0.05, 0.1) is 17.1 Å². The summed E-state index contributed by atoms with van der Waals surface area (Å²) in [5.41, 5.74) is 22.6. The molecular weight excluding hydrogens is 919 g/mol. The van der Waals surface area contributed by atoms with E-state index in [1.54, 1.807) is 0 Å². The fraction of sp³-hybridized carbons (Fsp3) is 0.162. The maximum atomic E-state index is 6.42. The Hall–Kier alpha value is -8.46. The molecule has 2 nitrogen and oxygen atoms in total. The van der Waals surface area contributed by atoms with Gasteiger partial charge in [0.2, 0.25) is 0 Å². The van der Waals surface area contributed by atoms with Crippen LogP contribution < -0.4 is 4.90 Å². The fourth-order valence-corrected chi connectivity index (χ4v) is 16.5. The van der Waals surface area contributed by atoms with E-state index in [0.29, 0.717) is 0 Å². The topological polar surface area (TPSA) is 16.4 Å². The lowest BCUT2D eigenvalue weighted by atomic mass is 9.48. The standard InChI is InChI=1S/C74H57NO/c1-5-19-54(20-6-1)73(55-21-7-2-8-22-55)67-30-15-13-27-63(67)65-34-32-59(44-69(65)73)75(60-33-35-66-64-28-14-16-31-68(64)74(70(66)45-60,56-23-9-3-10-24-56)57-25-11-4-12-26-57)61-42-53(62-29-17-18-52-36-37-76-71(52)62)41-58(43-61)72-46-49-38-50(47-72)40-51(39-49)48-72/h1-37,41-45,49-51H,38-40,46-48H2. The van der Waals surface area contributed by atoms with Crippen LogP contribution in [0.25, 0.3) is 44.3 Å². The summed E-state index contributed by atoms with van der Waals surface area (Å²) < 4.78 is 6.42. The second-order valence-corrected chi connectivity index (χ2v) is 23.0. The molecule has 4 fully saturated rings. The minimum absolute atomic E-state index is 0.132. The molecule has 6 aliphatic carbocycles. The molecule has 0 amide bonds. The summed E-state index contributed by atoms with van der Waals surface area (Å²) in [6.07, 6.45) is 9.86. The number of furan rings is 1. The second kappa shape index (κ2) is 16.8. The quantitative estimate of drug-likeness (QED) is 0.143. The van der Waals surface area contributed by atoms with Gasteiger partial charge in [-0.1, -0.05) is 206 Å². The van der Waals surface area contributed by atoms with Crippen molar-refractivity contribution in [3.8, 4) is 33.4 Å². The summed E-state index contributed by atoms with van der Waals surface area (Å²) in [4.78, 5) is 2.63. The Bertz CT molecular complexity index is 3740. The van der Waals surface area contributed by atoms with Gasteiger partial charge >= 0.3 is 0 Å². The first kappa shape index (κ1) is 43.9. The van der Waals surface area contributed by atoms with Crippen LogP contribution in [0.5, 0.6) is 0 Å². The van der Waals surface area contributed by atoms with E-state index in [1.165, 1.54) is 122 Å². The van der Waals surface area contributed by atoms with E-state index in [2.05, 4.69) is 254 Å². The van der Waals surface area contributed by atoms with Crippen molar-refractivity contribution >= 4 is 28.0 Å². The minimum atomic E-state index is -0.563. The molecule has 0 atom stereocenters. The highest BCUT2D eigenvalue weighted by atomic mass is 16.3. The average molecular weight is 976 g/mol.